The molecule has 1 unspecified atom stereocenters. The molecule has 0 saturated heterocycles. The number of hydrogen-bond donors (Lipinski definition) is 2. The highest BCUT2D eigenvalue weighted by Crippen LogP contribution is 2.08. The normalized spacial score (nSPS) is 12.1. The Morgan fingerprint density at radius 1 is 1.19 bits per heavy atom. The van der Waals surface area contributed by atoms with Crippen molar-refractivity contribution in [2.24, 2.45) is 5.73 Å². The second-order valence-corrected chi connectivity index (χ2v) is 5.18. The summed E-state index contributed by atoms with van der Waals surface area (Å²) in [6.45, 7) is 2.68. The standard InChI is InChI=1S/C17H19FN2O/c1-12(8-13-4-3-7-16(18)10-13)20-11-14-5-2-6-15(9-14)17(19)21/h2-7,9-10,12,20H,8,11H2,1H3,(H2,19,21). The van der Waals surface area contributed by atoms with Gasteiger partial charge in [0, 0.05) is 18.2 Å². The maximum Gasteiger partial charge on any atom is 0.248 e. The second-order valence-electron chi connectivity index (χ2n) is 5.18. The number of primary amides is 1. The zero-order valence-corrected chi connectivity index (χ0v) is 12.0. The van der Waals surface area contributed by atoms with Gasteiger partial charge in [-0.3, -0.25) is 4.79 Å². The quantitative estimate of drug-likeness (QED) is 0.857. The van der Waals surface area contributed by atoms with Crippen molar-refractivity contribution >= 4 is 5.91 Å². The van der Waals surface area contributed by atoms with Crippen molar-refractivity contribution in [1.29, 1.82) is 0 Å². The maximum atomic E-state index is 13.1. The number of rotatable bonds is 6. The predicted octanol–water partition coefficient (Wildman–Crippen LogP) is 2.65. The third-order valence-corrected chi connectivity index (χ3v) is 3.30. The molecule has 0 radical (unpaired) electrons. The van der Waals surface area contributed by atoms with Gasteiger partial charge in [0.15, 0.2) is 0 Å². The largest absolute Gasteiger partial charge is 0.366 e. The van der Waals surface area contributed by atoms with Gasteiger partial charge in [0.25, 0.3) is 0 Å². The van der Waals surface area contributed by atoms with Gasteiger partial charge < -0.3 is 11.1 Å². The number of amides is 1. The first kappa shape index (κ1) is 15.2. The Morgan fingerprint density at radius 3 is 2.62 bits per heavy atom. The van der Waals surface area contributed by atoms with E-state index in [9.17, 15) is 9.18 Å². The molecule has 1 amide bonds. The zero-order chi connectivity index (χ0) is 15.2. The lowest BCUT2D eigenvalue weighted by atomic mass is 10.1. The number of nitrogens with one attached hydrogen (secondary N) is 1. The molecule has 2 aromatic carbocycles. The van der Waals surface area contributed by atoms with Crippen molar-refractivity contribution in [3.05, 3.63) is 71.0 Å². The third-order valence-electron chi connectivity index (χ3n) is 3.30. The first-order valence-electron chi connectivity index (χ1n) is 6.91. The lowest BCUT2D eigenvalue weighted by molar-refractivity contribution is 0.1000. The summed E-state index contributed by atoms with van der Waals surface area (Å²) < 4.78 is 13.1. The van der Waals surface area contributed by atoms with Gasteiger partial charge in [-0.25, -0.2) is 4.39 Å². The van der Waals surface area contributed by atoms with Crippen LogP contribution in [0.15, 0.2) is 48.5 Å². The first-order chi connectivity index (χ1) is 10.0. The molecule has 1 atom stereocenters. The highest BCUT2D eigenvalue weighted by Gasteiger charge is 2.05. The Bertz CT molecular complexity index is 628. The summed E-state index contributed by atoms with van der Waals surface area (Å²) in [6.07, 6.45) is 0.743. The van der Waals surface area contributed by atoms with Crippen LogP contribution in [-0.2, 0) is 13.0 Å². The fraction of sp³-hybridized carbons (Fsp3) is 0.235. The molecule has 0 aromatic heterocycles. The van der Waals surface area contributed by atoms with E-state index in [1.807, 2.05) is 25.1 Å². The molecule has 3 N–H and O–H groups in total. The summed E-state index contributed by atoms with van der Waals surface area (Å²) in [4.78, 5) is 11.1. The molecular formula is C17H19FN2O. The lowest BCUT2D eigenvalue weighted by Gasteiger charge is -2.14. The molecule has 0 saturated carbocycles. The van der Waals surface area contributed by atoms with Crippen molar-refractivity contribution in [3.63, 3.8) is 0 Å². The number of benzene rings is 2. The van der Waals surface area contributed by atoms with Crippen molar-refractivity contribution in [3.8, 4) is 0 Å². The number of carbonyl (C=O) groups is 1. The van der Waals surface area contributed by atoms with Crippen molar-refractivity contribution in [1.82, 2.24) is 5.32 Å². The molecule has 0 spiro atoms. The highest BCUT2D eigenvalue weighted by molar-refractivity contribution is 5.92. The summed E-state index contributed by atoms with van der Waals surface area (Å²) >= 11 is 0. The molecule has 0 heterocycles. The van der Waals surface area contributed by atoms with Gasteiger partial charge in [-0.15, -0.1) is 0 Å². The second kappa shape index (κ2) is 6.99. The van der Waals surface area contributed by atoms with E-state index in [1.165, 1.54) is 6.07 Å². The van der Waals surface area contributed by atoms with Crippen molar-refractivity contribution in [2.45, 2.75) is 25.9 Å². The monoisotopic (exact) mass is 286 g/mol. The highest BCUT2D eigenvalue weighted by atomic mass is 19.1. The van der Waals surface area contributed by atoms with Gasteiger partial charge in [0.1, 0.15) is 5.82 Å². The average Bonchev–Trinajstić information content (AvgIpc) is 2.45. The van der Waals surface area contributed by atoms with Crippen LogP contribution in [0.4, 0.5) is 4.39 Å². The molecule has 0 aliphatic heterocycles. The SMILES string of the molecule is CC(Cc1cccc(F)c1)NCc1cccc(C(N)=O)c1. The molecule has 0 fully saturated rings. The topological polar surface area (TPSA) is 55.1 Å². The maximum absolute atomic E-state index is 13.1. The average molecular weight is 286 g/mol. The van der Waals surface area contributed by atoms with Crippen molar-refractivity contribution in [2.75, 3.05) is 0 Å². The van der Waals surface area contributed by atoms with Crippen LogP contribution in [-0.4, -0.2) is 11.9 Å². The Balaban J connectivity index is 1.90. The van der Waals surface area contributed by atoms with E-state index in [2.05, 4.69) is 5.32 Å². The molecule has 0 bridgehead atoms. The Kier molecular flexibility index (Phi) is 5.06. The number of nitrogens with two attached hydrogens (primary N) is 1. The van der Waals surface area contributed by atoms with Crippen LogP contribution in [0.5, 0.6) is 0 Å². The summed E-state index contributed by atoms with van der Waals surface area (Å²) in [6, 6.07) is 14.0. The fourth-order valence-corrected chi connectivity index (χ4v) is 2.22. The van der Waals surface area contributed by atoms with E-state index in [0.717, 1.165) is 17.5 Å². The summed E-state index contributed by atoms with van der Waals surface area (Å²) in [7, 11) is 0. The molecule has 3 nitrogen and oxygen atoms in total. The molecule has 0 aliphatic carbocycles. The van der Waals surface area contributed by atoms with Crippen LogP contribution in [0.2, 0.25) is 0 Å². The summed E-state index contributed by atoms with van der Waals surface area (Å²) in [5.41, 5.74) is 7.72. The van der Waals surface area contributed by atoms with E-state index in [4.69, 9.17) is 5.73 Å². The lowest BCUT2D eigenvalue weighted by Crippen LogP contribution is -2.27. The zero-order valence-electron chi connectivity index (χ0n) is 12.0. The minimum absolute atomic E-state index is 0.198. The third kappa shape index (κ3) is 4.68. The van der Waals surface area contributed by atoms with E-state index in [-0.39, 0.29) is 11.9 Å². The van der Waals surface area contributed by atoms with E-state index >= 15 is 0 Å². The smallest absolute Gasteiger partial charge is 0.248 e. The van der Waals surface area contributed by atoms with Gasteiger partial charge >= 0.3 is 0 Å². The number of halogens is 1. The van der Waals surface area contributed by atoms with Gasteiger partial charge in [-0.05, 0) is 48.7 Å². The van der Waals surface area contributed by atoms with Gasteiger partial charge in [0.05, 0.1) is 0 Å². The summed E-state index contributed by atoms with van der Waals surface area (Å²) in [5.74, 6) is -0.640. The molecule has 21 heavy (non-hydrogen) atoms. The molecule has 0 aliphatic rings. The Hall–Kier alpha value is -2.20. The Labute approximate surface area is 124 Å². The van der Waals surface area contributed by atoms with E-state index in [1.54, 1.807) is 24.3 Å². The first-order valence-corrected chi connectivity index (χ1v) is 6.91. The predicted molar refractivity (Wildman–Crippen MR) is 81.4 cm³/mol. The minimum atomic E-state index is -0.426. The summed E-state index contributed by atoms with van der Waals surface area (Å²) in [5, 5.41) is 3.36. The van der Waals surface area contributed by atoms with Crippen molar-refractivity contribution < 1.29 is 9.18 Å². The van der Waals surface area contributed by atoms with Gasteiger partial charge in [0.2, 0.25) is 5.91 Å². The Morgan fingerprint density at radius 2 is 1.90 bits per heavy atom. The van der Waals surface area contributed by atoms with Crippen LogP contribution in [0, 0.1) is 5.82 Å². The van der Waals surface area contributed by atoms with Crippen LogP contribution in [0.25, 0.3) is 0 Å². The van der Waals surface area contributed by atoms with E-state index < -0.39 is 5.91 Å². The molecule has 2 rings (SSSR count). The number of hydrogen-bond acceptors (Lipinski definition) is 2. The van der Waals surface area contributed by atoms with Crippen LogP contribution < -0.4 is 11.1 Å². The van der Waals surface area contributed by atoms with Gasteiger partial charge in [-0.2, -0.15) is 0 Å². The minimum Gasteiger partial charge on any atom is -0.366 e. The van der Waals surface area contributed by atoms with Crippen LogP contribution in [0.3, 0.4) is 0 Å². The molecule has 2 aromatic rings. The molecular weight excluding hydrogens is 267 g/mol. The van der Waals surface area contributed by atoms with E-state index in [0.29, 0.717) is 12.1 Å². The van der Waals surface area contributed by atoms with Crippen LogP contribution in [0.1, 0.15) is 28.4 Å². The van der Waals surface area contributed by atoms with Crippen LogP contribution >= 0.6 is 0 Å². The van der Waals surface area contributed by atoms with Gasteiger partial charge in [-0.1, -0.05) is 24.3 Å². The fourth-order valence-electron chi connectivity index (χ4n) is 2.22. The number of carbonyl (C=O) groups excluding carboxylic acids is 1. The molecule has 110 valence electrons. The molecule has 4 heteroatoms.